The third-order valence-corrected chi connectivity index (χ3v) is 4.43. The number of rotatable bonds is 4. The van der Waals surface area contributed by atoms with E-state index < -0.39 is 11.6 Å². The predicted octanol–water partition coefficient (Wildman–Crippen LogP) is 4.09. The Kier molecular flexibility index (Phi) is 5.12. The number of guanidine groups is 1. The van der Waals surface area contributed by atoms with Crippen LogP contribution in [0.5, 0.6) is 0 Å². The number of nitrogens with zero attached hydrogens (tertiary/aromatic N) is 1. The van der Waals surface area contributed by atoms with Gasteiger partial charge in [-0.25, -0.2) is 13.8 Å². The molecule has 3 rings (SSSR count). The van der Waals surface area contributed by atoms with Gasteiger partial charge in [-0.05, 0) is 37.1 Å². The summed E-state index contributed by atoms with van der Waals surface area (Å²) in [5, 5.41) is 6.79. The van der Waals surface area contributed by atoms with Crippen LogP contribution < -0.4 is 10.6 Å². The van der Waals surface area contributed by atoms with Crippen molar-refractivity contribution in [3.05, 3.63) is 82.9 Å². The van der Waals surface area contributed by atoms with Gasteiger partial charge in [0.1, 0.15) is 0 Å². The maximum Gasteiger partial charge on any atom is 0.192 e. The van der Waals surface area contributed by atoms with Crippen molar-refractivity contribution < 1.29 is 8.78 Å². The van der Waals surface area contributed by atoms with Crippen LogP contribution in [-0.2, 0) is 6.54 Å². The SMILES string of the molecule is C/C=C(\C)[C@H]1NC(=NCc2ccc(F)c(F)c2)N[C@H]1c1ccccc1. The van der Waals surface area contributed by atoms with Crippen molar-refractivity contribution in [2.24, 2.45) is 4.99 Å². The molecular formula is C20H21F2N3. The first-order valence-corrected chi connectivity index (χ1v) is 8.27. The van der Waals surface area contributed by atoms with Crippen molar-refractivity contribution >= 4 is 5.96 Å². The summed E-state index contributed by atoms with van der Waals surface area (Å²) >= 11 is 0. The van der Waals surface area contributed by atoms with Crippen LogP contribution in [0.1, 0.15) is 31.0 Å². The van der Waals surface area contributed by atoms with Crippen LogP contribution in [0.3, 0.4) is 0 Å². The Bertz CT molecular complexity index is 800. The highest BCUT2D eigenvalue weighted by atomic mass is 19.2. The monoisotopic (exact) mass is 341 g/mol. The van der Waals surface area contributed by atoms with Gasteiger partial charge in [-0.15, -0.1) is 0 Å². The molecule has 1 heterocycles. The molecule has 0 saturated carbocycles. The topological polar surface area (TPSA) is 36.4 Å². The summed E-state index contributed by atoms with van der Waals surface area (Å²) in [5.41, 5.74) is 3.00. The summed E-state index contributed by atoms with van der Waals surface area (Å²) in [6, 6.07) is 14.2. The molecule has 5 heteroatoms. The molecule has 0 spiro atoms. The van der Waals surface area contributed by atoms with Gasteiger partial charge in [0.05, 0.1) is 18.6 Å². The molecule has 0 unspecified atom stereocenters. The zero-order valence-electron chi connectivity index (χ0n) is 14.3. The third kappa shape index (κ3) is 3.87. The van der Waals surface area contributed by atoms with Crippen LogP contribution in [0, 0.1) is 11.6 Å². The van der Waals surface area contributed by atoms with Crippen molar-refractivity contribution in [1.82, 2.24) is 10.6 Å². The fourth-order valence-corrected chi connectivity index (χ4v) is 2.89. The molecule has 1 saturated heterocycles. The molecule has 0 aromatic heterocycles. The van der Waals surface area contributed by atoms with Gasteiger partial charge in [-0.2, -0.15) is 0 Å². The molecule has 2 aromatic carbocycles. The maximum atomic E-state index is 13.3. The minimum atomic E-state index is -0.852. The minimum absolute atomic E-state index is 0.0705. The number of allylic oxidation sites excluding steroid dienone is 1. The molecule has 1 fully saturated rings. The van der Waals surface area contributed by atoms with E-state index >= 15 is 0 Å². The molecule has 25 heavy (non-hydrogen) atoms. The Morgan fingerprint density at radius 2 is 1.84 bits per heavy atom. The highest BCUT2D eigenvalue weighted by Crippen LogP contribution is 2.25. The lowest BCUT2D eigenvalue weighted by Gasteiger charge is -2.19. The Morgan fingerprint density at radius 3 is 2.52 bits per heavy atom. The van der Waals surface area contributed by atoms with Crippen LogP contribution in [0.4, 0.5) is 8.78 Å². The molecule has 0 bridgehead atoms. The maximum absolute atomic E-state index is 13.3. The summed E-state index contributed by atoms with van der Waals surface area (Å²) in [7, 11) is 0. The van der Waals surface area contributed by atoms with Crippen molar-refractivity contribution in [3.63, 3.8) is 0 Å². The van der Waals surface area contributed by atoms with Gasteiger partial charge in [0.15, 0.2) is 17.6 Å². The van der Waals surface area contributed by atoms with Gasteiger partial charge < -0.3 is 10.6 Å². The molecule has 0 aliphatic carbocycles. The van der Waals surface area contributed by atoms with Gasteiger partial charge in [0.25, 0.3) is 0 Å². The Hall–Kier alpha value is -2.69. The van der Waals surface area contributed by atoms with E-state index in [4.69, 9.17) is 0 Å². The smallest absolute Gasteiger partial charge is 0.192 e. The Labute approximate surface area is 146 Å². The Balaban J connectivity index is 1.80. The lowest BCUT2D eigenvalue weighted by atomic mass is 9.96. The predicted molar refractivity (Wildman–Crippen MR) is 96.2 cm³/mol. The number of benzene rings is 2. The van der Waals surface area contributed by atoms with E-state index in [0.29, 0.717) is 11.5 Å². The number of hydrogen-bond donors (Lipinski definition) is 2. The summed E-state index contributed by atoms with van der Waals surface area (Å²) in [6.07, 6.45) is 2.08. The van der Waals surface area contributed by atoms with Gasteiger partial charge in [-0.1, -0.05) is 48.0 Å². The van der Waals surface area contributed by atoms with Gasteiger partial charge >= 0.3 is 0 Å². The van der Waals surface area contributed by atoms with E-state index in [1.54, 1.807) is 6.07 Å². The van der Waals surface area contributed by atoms with Crippen LogP contribution in [0.2, 0.25) is 0 Å². The number of hydrogen-bond acceptors (Lipinski definition) is 1. The zero-order chi connectivity index (χ0) is 17.8. The highest BCUT2D eigenvalue weighted by Gasteiger charge is 2.32. The van der Waals surface area contributed by atoms with Crippen molar-refractivity contribution in [3.8, 4) is 0 Å². The second kappa shape index (κ2) is 7.47. The van der Waals surface area contributed by atoms with Crippen molar-refractivity contribution in [2.45, 2.75) is 32.5 Å². The molecule has 3 nitrogen and oxygen atoms in total. The zero-order valence-corrected chi connectivity index (χ0v) is 14.3. The lowest BCUT2D eigenvalue weighted by molar-refractivity contribution is 0.507. The van der Waals surface area contributed by atoms with Crippen LogP contribution in [-0.4, -0.2) is 12.0 Å². The van der Waals surface area contributed by atoms with Gasteiger partial charge in [0, 0.05) is 0 Å². The van der Waals surface area contributed by atoms with E-state index in [0.717, 1.165) is 6.07 Å². The van der Waals surface area contributed by atoms with Crippen molar-refractivity contribution in [1.29, 1.82) is 0 Å². The number of aliphatic imine (C=N–C) groups is 1. The first-order chi connectivity index (χ1) is 12.1. The normalized spacial score (nSPS) is 21.9. The van der Waals surface area contributed by atoms with E-state index in [2.05, 4.69) is 40.8 Å². The first-order valence-electron chi connectivity index (χ1n) is 8.27. The van der Waals surface area contributed by atoms with Crippen molar-refractivity contribution in [2.75, 3.05) is 0 Å². The molecule has 2 N–H and O–H groups in total. The molecule has 1 aliphatic heterocycles. The van der Waals surface area contributed by atoms with Gasteiger partial charge in [-0.3, -0.25) is 0 Å². The molecule has 1 aliphatic rings. The van der Waals surface area contributed by atoms with Gasteiger partial charge in [0.2, 0.25) is 0 Å². The lowest BCUT2D eigenvalue weighted by Crippen LogP contribution is -2.29. The molecule has 0 amide bonds. The molecule has 2 atom stereocenters. The average Bonchev–Trinajstić information content (AvgIpc) is 3.07. The molecular weight excluding hydrogens is 320 g/mol. The number of halogens is 2. The van der Waals surface area contributed by atoms with E-state index in [1.807, 2.05) is 25.1 Å². The van der Waals surface area contributed by atoms with E-state index in [-0.39, 0.29) is 18.6 Å². The standard InChI is InChI=1S/C20H21F2N3/c1-3-13(2)18-19(15-7-5-4-6-8-15)25-20(24-18)23-12-14-9-10-16(21)17(22)11-14/h3-11,18-19H,12H2,1-2H3,(H2,23,24,25)/b13-3+/t18-,19+/m1/s1. The van der Waals surface area contributed by atoms with E-state index in [1.165, 1.54) is 17.2 Å². The molecule has 130 valence electrons. The third-order valence-electron chi connectivity index (χ3n) is 4.43. The first kappa shape index (κ1) is 17.1. The summed E-state index contributed by atoms with van der Waals surface area (Å²) < 4.78 is 26.3. The van der Waals surface area contributed by atoms with E-state index in [9.17, 15) is 8.78 Å². The number of nitrogens with one attached hydrogen (secondary N) is 2. The second-order valence-electron chi connectivity index (χ2n) is 6.10. The molecule has 2 aromatic rings. The second-order valence-corrected chi connectivity index (χ2v) is 6.10. The van der Waals surface area contributed by atoms with Crippen LogP contribution in [0.15, 0.2) is 65.2 Å². The quantitative estimate of drug-likeness (QED) is 0.822. The largest absolute Gasteiger partial charge is 0.347 e. The summed E-state index contributed by atoms with van der Waals surface area (Å²) in [5.74, 6) is -1.04. The average molecular weight is 341 g/mol. The summed E-state index contributed by atoms with van der Waals surface area (Å²) in [4.78, 5) is 4.48. The van der Waals surface area contributed by atoms with Crippen LogP contribution in [0.25, 0.3) is 0 Å². The highest BCUT2D eigenvalue weighted by molar-refractivity contribution is 5.83. The van der Waals surface area contributed by atoms with Crippen LogP contribution >= 0.6 is 0 Å². The fraction of sp³-hybridized carbons (Fsp3) is 0.250. The summed E-state index contributed by atoms with van der Waals surface area (Å²) in [6.45, 7) is 4.36. The Morgan fingerprint density at radius 1 is 1.08 bits per heavy atom. The fourth-order valence-electron chi connectivity index (χ4n) is 2.89. The minimum Gasteiger partial charge on any atom is -0.347 e. The molecule has 0 radical (unpaired) electrons.